The predicted octanol–water partition coefficient (Wildman–Crippen LogP) is 1.37. The minimum atomic E-state index is -0.0768. The number of amides is 1. The fourth-order valence-corrected chi connectivity index (χ4v) is 3.24. The predicted molar refractivity (Wildman–Crippen MR) is 82.2 cm³/mol. The lowest BCUT2D eigenvalue weighted by atomic mass is 9.94. The van der Waals surface area contributed by atoms with Gasteiger partial charge in [0.15, 0.2) is 0 Å². The maximum absolute atomic E-state index is 12.5. The van der Waals surface area contributed by atoms with E-state index in [0.29, 0.717) is 0 Å². The van der Waals surface area contributed by atoms with Gasteiger partial charge < -0.3 is 14.4 Å². The summed E-state index contributed by atoms with van der Waals surface area (Å²) in [5.41, 5.74) is -0.0768. The number of hydrogen-bond acceptors (Lipinski definition) is 4. The second-order valence-corrected chi connectivity index (χ2v) is 6.97. The van der Waals surface area contributed by atoms with Gasteiger partial charge in [0.2, 0.25) is 5.91 Å². The van der Waals surface area contributed by atoms with Gasteiger partial charge in [0.05, 0.1) is 24.2 Å². The largest absolute Gasteiger partial charge is 0.378 e. The Labute approximate surface area is 128 Å². The zero-order valence-corrected chi connectivity index (χ0v) is 13.9. The fraction of sp³-hybridized carbons (Fsp3) is 0.938. The van der Waals surface area contributed by atoms with Crippen LogP contribution in [-0.2, 0) is 14.3 Å². The molecule has 0 N–H and O–H groups in total. The third-order valence-corrected chi connectivity index (χ3v) is 4.56. The summed E-state index contributed by atoms with van der Waals surface area (Å²) in [6.07, 6.45) is 2.00. The monoisotopic (exact) mass is 298 g/mol. The van der Waals surface area contributed by atoms with E-state index < -0.39 is 0 Å². The fourth-order valence-electron chi connectivity index (χ4n) is 3.24. The van der Waals surface area contributed by atoms with Crippen molar-refractivity contribution in [2.45, 2.75) is 45.3 Å². The van der Waals surface area contributed by atoms with Crippen LogP contribution in [-0.4, -0.2) is 73.9 Å². The molecule has 0 bridgehead atoms. The van der Waals surface area contributed by atoms with Gasteiger partial charge in [-0.1, -0.05) is 0 Å². The lowest BCUT2D eigenvalue weighted by Gasteiger charge is -2.39. The maximum atomic E-state index is 12.5. The second kappa shape index (κ2) is 7.07. The van der Waals surface area contributed by atoms with Crippen LogP contribution in [0.25, 0.3) is 0 Å². The van der Waals surface area contributed by atoms with Crippen molar-refractivity contribution in [2.24, 2.45) is 5.92 Å². The van der Waals surface area contributed by atoms with Gasteiger partial charge in [0.25, 0.3) is 0 Å². The number of hydrogen-bond donors (Lipinski definition) is 0. The molecule has 2 aliphatic heterocycles. The summed E-state index contributed by atoms with van der Waals surface area (Å²) in [4.78, 5) is 16.8. The SMILES string of the molecule is CC1OCCCC1C(=O)N(C)CCN1CCOC(C)(C)C1. The number of rotatable bonds is 4. The van der Waals surface area contributed by atoms with E-state index in [9.17, 15) is 4.79 Å². The van der Waals surface area contributed by atoms with Crippen LogP contribution in [0.5, 0.6) is 0 Å². The van der Waals surface area contributed by atoms with Crippen LogP contribution in [0.15, 0.2) is 0 Å². The minimum Gasteiger partial charge on any atom is -0.378 e. The van der Waals surface area contributed by atoms with Gasteiger partial charge in [-0.3, -0.25) is 9.69 Å². The van der Waals surface area contributed by atoms with Gasteiger partial charge in [-0.15, -0.1) is 0 Å². The standard InChI is InChI=1S/C16H30N2O3/c1-13-14(6-5-10-20-13)15(19)17(4)7-8-18-9-11-21-16(2,3)12-18/h13-14H,5-12H2,1-4H3. The zero-order valence-electron chi connectivity index (χ0n) is 13.9. The Morgan fingerprint density at radius 2 is 2.14 bits per heavy atom. The number of nitrogens with zero attached hydrogens (tertiary/aromatic N) is 2. The molecular weight excluding hydrogens is 268 g/mol. The Morgan fingerprint density at radius 3 is 2.81 bits per heavy atom. The van der Waals surface area contributed by atoms with Crippen molar-refractivity contribution in [2.75, 3.05) is 46.4 Å². The van der Waals surface area contributed by atoms with Crippen LogP contribution in [0.4, 0.5) is 0 Å². The molecular formula is C16H30N2O3. The molecule has 122 valence electrons. The van der Waals surface area contributed by atoms with Gasteiger partial charge in [-0.2, -0.15) is 0 Å². The van der Waals surface area contributed by atoms with Gasteiger partial charge in [0, 0.05) is 39.8 Å². The van der Waals surface area contributed by atoms with Crippen LogP contribution in [0.1, 0.15) is 33.6 Å². The molecule has 0 aromatic carbocycles. The third kappa shape index (κ3) is 4.66. The van der Waals surface area contributed by atoms with Crippen molar-refractivity contribution in [1.82, 2.24) is 9.80 Å². The zero-order chi connectivity index (χ0) is 15.5. The van der Waals surface area contributed by atoms with Gasteiger partial charge in [-0.05, 0) is 33.6 Å². The first-order chi connectivity index (χ1) is 9.89. The topological polar surface area (TPSA) is 42.0 Å². The molecule has 0 spiro atoms. The highest BCUT2D eigenvalue weighted by molar-refractivity contribution is 5.79. The molecule has 2 fully saturated rings. The van der Waals surface area contributed by atoms with Crippen LogP contribution in [0.2, 0.25) is 0 Å². The number of morpholine rings is 1. The molecule has 5 heteroatoms. The highest BCUT2D eigenvalue weighted by atomic mass is 16.5. The average molecular weight is 298 g/mol. The van der Waals surface area contributed by atoms with E-state index in [1.54, 1.807) is 0 Å². The molecule has 0 aliphatic carbocycles. The third-order valence-electron chi connectivity index (χ3n) is 4.56. The second-order valence-electron chi connectivity index (χ2n) is 6.97. The minimum absolute atomic E-state index is 0.0323. The van der Waals surface area contributed by atoms with Crippen molar-refractivity contribution < 1.29 is 14.3 Å². The first-order valence-electron chi connectivity index (χ1n) is 8.12. The van der Waals surface area contributed by atoms with Crippen LogP contribution >= 0.6 is 0 Å². The Bertz CT molecular complexity index is 359. The molecule has 0 aromatic heterocycles. The molecule has 2 heterocycles. The Balaban J connectivity index is 1.78. The van der Waals surface area contributed by atoms with Gasteiger partial charge in [0.1, 0.15) is 0 Å². The molecule has 21 heavy (non-hydrogen) atoms. The summed E-state index contributed by atoms with van der Waals surface area (Å²) in [7, 11) is 1.91. The molecule has 2 unspecified atom stereocenters. The van der Waals surface area contributed by atoms with E-state index in [4.69, 9.17) is 9.47 Å². The summed E-state index contributed by atoms with van der Waals surface area (Å²) < 4.78 is 11.3. The summed E-state index contributed by atoms with van der Waals surface area (Å²) in [6.45, 7) is 11.4. The van der Waals surface area contributed by atoms with Gasteiger partial charge in [-0.25, -0.2) is 0 Å². The summed E-state index contributed by atoms with van der Waals surface area (Å²) in [6, 6.07) is 0. The molecule has 2 aliphatic rings. The summed E-state index contributed by atoms with van der Waals surface area (Å²) in [5.74, 6) is 0.264. The van der Waals surface area contributed by atoms with E-state index in [-0.39, 0.29) is 23.5 Å². The average Bonchev–Trinajstić information content (AvgIpc) is 2.43. The normalized spacial score (nSPS) is 30.1. The molecule has 0 radical (unpaired) electrons. The number of ether oxygens (including phenoxy) is 2. The molecule has 0 saturated carbocycles. The van der Waals surface area contributed by atoms with Crippen molar-refractivity contribution in [1.29, 1.82) is 0 Å². The maximum Gasteiger partial charge on any atom is 0.228 e. The Morgan fingerprint density at radius 1 is 1.38 bits per heavy atom. The number of likely N-dealkylation sites (N-methyl/N-ethyl adjacent to an activating group) is 1. The smallest absolute Gasteiger partial charge is 0.228 e. The first kappa shape index (κ1) is 16.7. The van der Waals surface area contributed by atoms with Crippen LogP contribution < -0.4 is 0 Å². The molecule has 2 saturated heterocycles. The van der Waals surface area contributed by atoms with Crippen LogP contribution in [0.3, 0.4) is 0 Å². The number of carbonyl (C=O) groups is 1. The lowest BCUT2D eigenvalue weighted by Crippen LogP contribution is -2.51. The summed E-state index contributed by atoms with van der Waals surface area (Å²) >= 11 is 0. The van der Waals surface area contributed by atoms with E-state index >= 15 is 0 Å². The molecule has 2 rings (SSSR count). The summed E-state index contributed by atoms with van der Waals surface area (Å²) in [5, 5.41) is 0. The molecule has 0 aromatic rings. The highest BCUT2D eigenvalue weighted by Crippen LogP contribution is 2.22. The quantitative estimate of drug-likeness (QED) is 0.786. The molecule has 1 amide bonds. The molecule has 2 atom stereocenters. The lowest BCUT2D eigenvalue weighted by molar-refractivity contribution is -0.143. The Kier molecular flexibility index (Phi) is 5.63. The first-order valence-corrected chi connectivity index (χ1v) is 8.12. The Hall–Kier alpha value is -0.650. The van der Waals surface area contributed by atoms with Crippen molar-refractivity contribution >= 4 is 5.91 Å². The van der Waals surface area contributed by atoms with E-state index in [1.165, 1.54) is 0 Å². The van der Waals surface area contributed by atoms with E-state index in [2.05, 4.69) is 18.7 Å². The van der Waals surface area contributed by atoms with Crippen LogP contribution in [0, 0.1) is 5.92 Å². The van der Waals surface area contributed by atoms with Crippen molar-refractivity contribution in [3.63, 3.8) is 0 Å². The number of carbonyl (C=O) groups excluding carboxylic acids is 1. The van der Waals surface area contributed by atoms with Crippen molar-refractivity contribution in [3.05, 3.63) is 0 Å². The van der Waals surface area contributed by atoms with E-state index in [1.807, 2.05) is 18.9 Å². The van der Waals surface area contributed by atoms with Crippen molar-refractivity contribution in [3.8, 4) is 0 Å². The molecule has 5 nitrogen and oxygen atoms in total. The van der Waals surface area contributed by atoms with E-state index in [0.717, 1.165) is 52.2 Å². The van der Waals surface area contributed by atoms with Gasteiger partial charge >= 0.3 is 0 Å². The highest BCUT2D eigenvalue weighted by Gasteiger charge is 2.31.